The molecule has 2 aromatic rings. The van der Waals surface area contributed by atoms with Gasteiger partial charge in [0.25, 0.3) is 5.91 Å². The molecule has 0 bridgehead atoms. The first-order valence-corrected chi connectivity index (χ1v) is 7.16. The van der Waals surface area contributed by atoms with Crippen molar-refractivity contribution in [2.75, 3.05) is 18.4 Å². The lowest BCUT2D eigenvalue weighted by Gasteiger charge is -2.08. The molecule has 0 saturated heterocycles. The van der Waals surface area contributed by atoms with Crippen LogP contribution in [0.15, 0.2) is 47.1 Å². The Morgan fingerprint density at radius 2 is 1.79 bits per heavy atom. The zero-order chi connectivity index (χ0) is 17.4. The Balaban J connectivity index is 1.71. The molecule has 2 rings (SSSR count). The van der Waals surface area contributed by atoms with Crippen molar-refractivity contribution in [2.45, 2.75) is 6.61 Å². The van der Waals surface area contributed by atoms with E-state index in [2.05, 4.69) is 16.0 Å². The highest BCUT2D eigenvalue weighted by molar-refractivity contribution is 5.96. The van der Waals surface area contributed by atoms with E-state index in [-0.39, 0.29) is 25.5 Å². The fraction of sp³-hybridized carbons (Fsp3) is 0.188. The van der Waals surface area contributed by atoms with Gasteiger partial charge in [-0.1, -0.05) is 12.1 Å². The molecule has 24 heavy (non-hydrogen) atoms. The molecule has 0 radical (unpaired) electrons. The monoisotopic (exact) mass is 331 g/mol. The fourth-order valence-electron chi connectivity index (χ4n) is 1.85. The number of nitrogens with one attached hydrogen (secondary N) is 3. The summed E-state index contributed by atoms with van der Waals surface area (Å²) in [5.74, 6) is -1.34. The maximum atomic E-state index is 11.8. The Kier molecular flexibility index (Phi) is 6.09. The number of anilines is 1. The van der Waals surface area contributed by atoms with Gasteiger partial charge in [0.2, 0.25) is 11.8 Å². The van der Waals surface area contributed by atoms with Crippen LogP contribution in [0.4, 0.5) is 5.69 Å². The normalized spacial score (nSPS) is 10.0. The van der Waals surface area contributed by atoms with Gasteiger partial charge >= 0.3 is 0 Å². The average Bonchev–Trinajstić information content (AvgIpc) is 3.12. The van der Waals surface area contributed by atoms with Gasteiger partial charge in [0.15, 0.2) is 5.76 Å². The van der Waals surface area contributed by atoms with E-state index in [1.54, 1.807) is 30.3 Å². The summed E-state index contributed by atoms with van der Waals surface area (Å²) in [6, 6.07) is 9.75. The molecule has 4 N–H and O–H groups in total. The number of amides is 3. The van der Waals surface area contributed by atoms with E-state index in [9.17, 15) is 14.4 Å². The van der Waals surface area contributed by atoms with E-state index in [4.69, 9.17) is 9.52 Å². The lowest BCUT2D eigenvalue weighted by molar-refractivity contribution is -0.123. The van der Waals surface area contributed by atoms with E-state index < -0.39 is 17.7 Å². The van der Waals surface area contributed by atoms with Crippen LogP contribution in [0, 0.1) is 0 Å². The summed E-state index contributed by atoms with van der Waals surface area (Å²) in [5.41, 5.74) is 1.18. The minimum Gasteiger partial charge on any atom is -0.459 e. The lowest BCUT2D eigenvalue weighted by atomic mass is 10.2. The first-order valence-electron chi connectivity index (χ1n) is 7.16. The SMILES string of the molecule is O=C(CNC(=O)c1ccco1)NCC(=O)Nc1cccc(CO)c1. The predicted octanol–water partition coefficient (Wildman–Crippen LogP) is 0.257. The van der Waals surface area contributed by atoms with E-state index in [0.717, 1.165) is 0 Å². The van der Waals surface area contributed by atoms with Crippen LogP contribution < -0.4 is 16.0 Å². The zero-order valence-electron chi connectivity index (χ0n) is 12.7. The Bertz CT molecular complexity index is 712. The average molecular weight is 331 g/mol. The first-order chi connectivity index (χ1) is 11.6. The molecule has 126 valence electrons. The second kappa shape index (κ2) is 8.49. The number of aliphatic hydroxyl groups excluding tert-OH is 1. The van der Waals surface area contributed by atoms with E-state index >= 15 is 0 Å². The fourth-order valence-corrected chi connectivity index (χ4v) is 1.85. The Labute approximate surface area is 137 Å². The third-order valence-electron chi connectivity index (χ3n) is 2.99. The largest absolute Gasteiger partial charge is 0.459 e. The van der Waals surface area contributed by atoms with Gasteiger partial charge in [-0.2, -0.15) is 0 Å². The molecule has 0 aliphatic carbocycles. The molecule has 8 nitrogen and oxygen atoms in total. The predicted molar refractivity (Wildman–Crippen MR) is 85.0 cm³/mol. The van der Waals surface area contributed by atoms with Crippen LogP contribution in [-0.2, 0) is 16.2 Å². The maximum absolute atomic E-state index is 11.8. The van der Waals surface area contributed by atoms with Crippen LogP contribution in [0.25, 0.3) is 0 Å². The summed E-state index contributed by atoms with van der Waals surface area (Å²) in [7, 11) is 0. The molecular formula is C16H17N3O5. The van der Waals surface area contributed by atoms with Crippen LogP contribution in [-0.4, -0.2) is 35.9 Å². The topological polar surface area (TPSA) is 121 Å². The van der Waals surface area contributed by atoms with Gasteiger partial charge in [-0.25, -0.2) is 0 Å². The highest BCUT2D eigenvalue weighted by Crippen LogP contribution is 2.10. The molecular weight excluding hydrogens is 314 g/mol. The molecule has 3 amide bonds. The summed E-state index contributed by atoms with van der Waals surface area (Å²) < 4.78 is 4.89. The Hall–Kier alpha value is -3.13. The van der Waals surface area contributed by atoms with Crippen molar-refractivity contribution in [3.63, 3.8) is 0 Å². The highest BCUT2D eigenvalue weighted by Gasteiger charge is 2.11. The van der Waals surface area contributed by atoms with Gasteiger partial charge in [0.05, 0.1) is 26.0 Å². The summed E-state index contributed by atoms with van der Waals surface area (Å²) >= 11 is 0. The molecule has 0 atom stereocenters. The van der Waals surface area contributed by atoms with Crippen molar-refractivity contribution < 1.29 is 23.9 Å². The number of hydrogen-bond donors (Lipinski definition) is 4. The van der Waals surface area contributed by atoms with Gasteiger partial charge in [-0.15, -0.1) is 0 Å². The van der Waals surface area contributed by atoms with Gasteiger partial charge < -0.3 is 25.5 Å². The minimum absolute atomic E-state index is 0.101. The van der Waals surface area contributed by atoms with Crippen LogP contribution in [0.2, 0.25) is 0 Å². The van der Waals surface area contributed by atoms with E-state index in [1.165, 1.54) is 12.3 Å². The molecule has 0 spiro atoms. The van der Waals surface area contributed by atoms with Crippen LogP contribution in [0.3, 0.4) is 0 Å². The zero-order valence-corrected chi connectivity index (χ0v) is 12.7. The Morgan fingerprint density at radius 3 is 2.50 bits per heavy atom. The molecule has 8 heteroatoms. The highest BCUT2D eigenvalue weighted by atomic mass is 16.3. The summed E-state index contributed by atoms with van der Waals surface area (Å²) in [4.78, 5) is 34.9. The summed E-state index contributed by atoms with van der Waals surface area (Å²) in [6.45, 7) is -0.637. The first kappa shape index (κ1) is 17.2. The summed E-state index contributed by atoms with van der Waals surface area (Å²) in [5, 5.41) is 16.4. The lowest BCUT2D eigenvalue weighted by Crippen LogP contribution is -2.40. The number of benzene rings is 1. The van der Waals surface area contributed by atoms with Crippen molar-refractivity contribution >= 4 is 23.4 Å². The number of rotatable bonds is 7. The number of carbonyl (C=O) groups is 3. The second-order valence-electron chi connectivity index (χ2n) is 4.84. The molecule has 1 heterocycles. The Morgan fingerprint density at radius 1 is 1.00 bits per heavy atom. The third-order valence-corrected chi connectivity index (χ3v) is 2.99. The van der Waals surface area contributed by atoms with Gasteiger partial charge in [-0.05, 0) is 29.8 Å². The van der Waals surface area contributed by atoms with Crippen LogP contribution >= 0.6 is 0 Å². The van der Waals surface area contributed by atoms with Crippen molar-refractivity contribution in [1.82, 2.24) is 10.6 Å². The standard InChI is InChI=1S/C16H17N3O5/c20-10-11-3-1-4-12(7-11)19-15(22)9-17-14(21)8-18-16(23)13-5-2-6-24-13/h1-7,20H,8-10H2,(H,17,21)(H,18,23)(H,19,22). The quantitative estimate of drug-likeness (QED) is 0.580. The number of aliphatic hydroxyl groups is 1. The van der Waals surface area contributed by atoms with E-state index in [0.29, 0.717) is 11.3 Å². The van der Waals surface area contributed by atoms with Crippen molar-refractivity contribution in [1.29, 1.82) is 0 Å². The second-order valence-corrected chi connectivity index (χ2v) is 4.84. The number of carbonyl (C=O) groups excluding carboxylic acids is 3. The molecule has 0 saturated carbocycles. The third kappa shape index (κ3) is 5.25. The summed E-state index contributed by atoms with van der Waals surface area (Å²) in [6.07, 6.45) is 1.35. The number of hydrogen-bond acceptors (Lipinski definition) is 5. The van der Waals surface area contributed by atoms with Crippen molar-refractivity contribution in [3.8, 4) is 0 Å². The van der Waals surface area contributed by atoms with E-state index in [1.807, 2.05) is 0 Å². The van der Waals surface area contributed by atoms with Gasteiger partial charge in [0, 0.05) is 5.69 Å². The van der Waals surface area contributed by atoms with Crippen LogP contribution in [0.1, 0.15) is 16.1 Å². The molecule has 1 aromatic heterocycles. The smallest absolute Gasteiger partial charge is 0.287 e. The van der Waals surface area contributed by atoms with Gasteiger partial charge in [0.1, 0.15) is 0 Å². The molecule has 0 aliphatic heterocycles. The van der Waals surface area contributed by atoms with Gasteiger partial charge in [-0.3, -0.25) is 14.4 Å². The number of furan rings is 1. The molecule has 0 fully saturated rings. The molecule has 0 unspecified atom stereocenters. The molecule has 1 aromatic carbocycles. The van der Waals surface area contributed by atoms with Crippen molar-refractivity contribution in [3.05, 3.63) is 54.0 Å². The minimum atomic E-state index is -0.514. The molecule has 0 aliphatic rings. The maximum Gasteiger partial charge on any atom is 0.287 e. The van der Waals surface area contributed by atoms with Crippen molar-refractivity contribution in [2.24, 2.45) is 0 Å². The van der Waals surface area contributed by atoms with Crippen LogP contribution in [0.5, 0.6) is 0 Å².